The number of fused-ring (bicyclic) bond motifs is 1. The molecule has 1 aliphatic rings. The molecule has 1 saturated heterocycles. The molecule has 3 atom stereocenters. The second kappa shape index (κ2) is 18.1. The summed E-state index contributed by atoms with van der Waals surface area (Å²) < 4.78 is 0. The van der Waals surface area contributed by atoms with Gasteiger partial charge in [0.05, 0.1) is 13.0 Å². The average Bonchev–Trinajstić information content (AvgIpc) is 3.42. The molecule has 1 aliphatic heterocycles. The van der Waals surface area contributed by atoms with Gasteiger partial charge in [0.25, 0.3) is 0 Å². The van der Waals surface area contributed by atoms with Crippen molar-refractivity contribution in [3.05, 3.63) is 96.1 Å². The number of amides is 4. The van der Waals surface area contributed by atoms with Gasteiger partial charge in [0.15, 0.2) is 0 Å². The Morgan fingerprint density at radius 1 is 0.911 bits per heavy atom. The fourth-order valence-electron chi connectivity index (χ4n) is 5.02. The van der Waals surface area contributed by atoms with E-state index in [9.17, 15) is 24.0 Å². The molecule has 0 bridgehead atoms. The van der Waals surface area contributed by atoms with E-state index in [1.165, 1.54) is 12.2 Å². The zero-order chi connectivity index (χ0) is 32.6. The van der Waals surface area contributed by atoms with Crippen LogP contribution in [0.3, 0.4) is 0 Å². The largest absolute Gasteiger partial charge is 0.356 e. The smallest absolute Gasteiger partial charge is 0.243 e. The molecule has 0 radical (unpaired) electrons. The van der Waals surface area contributed by atoms with Gasteiger partial charge in [0.2, 0.25) is 23.6 Å². The number of rotatable bonds is 13. The summed E-state index contributed by atoms with van der Waals surface area (Å²) >= 11 is 0. The lowest BCUT2D eigenvalue weighted by Crippen LogP contribution is -2.51. The summed E-state index contributed by atoms with van der Waals surface area (Å²) in [5, 5.41) is 13.0. The van der Waals surface area contributed by atoms with E-state index in [2.05, 4.69) is 42.0 Å². The molecule has 1 heterocycles. The molecule has 0 saturated carbocycles. The summed E-state index contributed by atoms with van der Waals surface area (Å²) in [6, 6.07) is 21.4. The first-order chi connectivity index (χ1) is 21.7. The molecule has 45 heavy (non-hydrogen) atoms. The monoisotopic (exact) mass is 612 g/mol. The highest BCUT2D eigenvalue weighted by Crippen LogP contribution is 2.20. The number of nitrogens with one attached hydrogen (secondary N) is 4. The van der Waals surface area contributed by atoms with Crippen LogP contribution in [0.15, 0.2) is 84.9 Å². The summed E-state index contributed by atoms with van der Waals surface area (Å²) in [4.78, 5) is 61.9. The van der Waals surface area contributed by atoms with Crippen LogP contribution >= 0.6 is 0 Å². The molecule has 4 rings (SSSR count). The molecule has 9 heteroatoms. The van der Waals surface area contributed by atoms with Crippen molar-refractivity contribution in [1.82, 2.24) is 21.3 Å². The zero-order valence-electron chi connectivity index (χ0n) is 26.3. The van der Waals surface area contributed by atoms with E-state index in [1.54, 1.807) is 0 Å². The fourth-order valence-corrected chi connectivity index (χ4v) is 5.02. The maximum atomic E-state index is 13.3. The molecule has 4 N–H and O–H groups in total. The second-order valence-corrected chi connectivity index (χ2v) is 11.8. The predicted molar refractivity (Wildman–Crippen MR) is 176 cm³/mol. The van der Waals surface area contributed by atoms with E-state index in [0.29, 0.717) is 25.7 Å². The first-order valence-electron chi connectivity index (χ1n) is 15.4. The van der Waals surface area contributed by atoms with E-state index in [1.807, 2.05) is 72.8 Å². The Bertz CT molecular complexity index is 1460. The lowest BCUT2D eigenvalue weighted by molar-refractivity contribution is -0.130. The maximum absolute atomic E-state index is 13.3. The molecule has 1 fully saturated rings. The number of hydrogen-bond acceptors (Lipinski definition) is 5. The first-order valence-corrected chi connectivity index (χ1v) is 15.4. The fraction of sp³-hybridized carbons (Fsp3) is 0.361. The quantitative estimate of drug-likeness (QED) is 0.173. The normalized spacial score (nSPS) is 15.5. The van der Waals surface area contributed by atoms with Gasteiger partial charge in [-0.15, -0.1) is 0 Å². The third-order valence-corrected chi connectivity index (χ3v) is 7.06. The highest BCUT2D eigenvalue weighted by molar-refractivity contribution is 5.92. The van der Waals surface area contributed by atoms with Crippen LogP contribution in [0.5, 0.6) is 0 Å². The minimum atomic E-state index is -0.919. The van der Waals surface area contributed by atoms with E-state index in [-0.39, 0.29) is 37.1 Å². The molecule has 0 spiro atoms. The predicted octanol–water partition coefficient (Wildman–Crippen LogP) is 3.65. The highest BCUT2D eigenvalue weighted by atomic mass is 16.2. The van der Waals surface area contributed by atoms with Gasteiger partial charge < -0.3 is 21.3 Å². The van der Waals surface area contributed by atoms with Crippen LogP contribution < -0.4 is 21.3 Å². The van der Waals surface area contributed by atoms with Crippen LogP contribution in [-0.2, 0) is 36.8 Å². The maximum Gasteiger partial charge on any atom is 0.243 e. The van der Waals surface area contributed by atoms with E-state index in [4.69, 9.17) is 0 Å². The molecule has 238 valence electrons. The van der Waals surface area contributed by atoms with Crippen molar-refractivity contribution >= 4 is 40.7 Å². The van der Waals surface area contributed by atoms with Crippen LogP contribution in [-0.4, -0.2) is 55.1 Å². The van der Waals surface area contributed by atoms with Gasteiger partial charge in [-0.25, -0.2) is 0 Å². The minimum absolute atomic E-state index is 0.0837. The number of carbonyl (C=O) groups excluding carboxylic acids is 5. The van der Waals surface area contributed by atoms with E-state index in [0.717, 1.165) is 27.8 Å². The van der Waals surface area contributed by atoms with Gasteiger partial charge in [-0.3, -0.25) is 24.0 Å². The number of allylic oxidation sites excluding steroid dienone is 1. The summed E-state index contributed by atoms with van der Waals surface area (Å²) in [7, 11) is 0. The Hall–Kier alpha value is -4.79. The van der Waals surface area contributed by atoms with Gasteiger partial charge in [0, 0.05) is 24.9 Å². The standard InChI is InChI=1S/C32H34N4O5.C4H10/c37-17-7-13-26(19-25-15-16-33-31(25)40)35-30(39)21-34-32(41)28(36-29(38)18-22-8-2-1-3-9-22)20-24-12-6-11-23-10-4-5-14-27(23)24;1-4(2)3/h1-14,17,25-26,28H,15-16,18-21H2,(H,33,40)(H,34,41)(H,35,39)(H,36,38);4H,1-3H3/b13-7+;. The van der Waals surface area contributed by atoms with Crippen LogP contribution in [0.4, 0.5) is 0 Å². The SMILES string of the molecule is CC(C)C.O=C/C=C/C(CC1CCNC1=O)NC(=O)CNC(=O)C(Cc1cccc2ccccc12)NC(=O)Cc1ccccc1. The Morgan fingerprint density at radius 3 is 2.29 bits per heavy atom. The number of hydrogen-bond donors (Lipinski definition) is 4. The van der Waals surface area contributed by atoms with E-state index >= 15 is 0 Å². The lowest BCUT2D eigenvalue weighted by atomic mass is 9.98. The molecule has 3 aromatic carbocycles. The van der Waals surface area contributed by atoms with Crippen molar-refractivity contribution < 1.29 is 24.0 Å². The molecule has 0 aromatic heterocycles. The van der Waals surface area contributed by atoms with Crippen molar-refractivity contribution in [1.29, 1.82) is 0 Å². The Morgan fingerprint density at radius 2 is 1.60 bits per heavy atom. The Kier molecular flexibility index (Phi) is 14.0. The highest BCUT2D eigenvalue weighted by Gasteiger charge is 2.27. The molecule has 4 amide bonds. The topological polar surface area (TPSA) is 133 Å². The zero-order valence-corrected chi connectivity index (χ0v) is 26.3. The molecule has 0 aliphatic carbocycles. The van der Waals surface area contributed by atoms with Gasteiger partial charge >= 0.3 is 0 Å². The van der Waals surface area contributed by atoms with E-state index < -0.39 is 23.9 Å². The molecular weight excluding hydrogens is 568 g/mol. The summed E-state index contributed by atoms with van der Waals surface area (Å²) in [5.74, 6) is -0.799. The van der Waals surface area contributed by atoms with Crippen molar-refractivity contribution in [3.63, 3.8) is 0 Å². The first kappa shape index (κ1) is 34.7. The van der Waals surface area contributed by atoms with Gasteiger partial charge in [-0.1, -0.05) is 99.6 Å². The number of benzene rings is 3. The number of carbonyl (C=O) groups is 5. The van der Waals surface area contributed by atoms with Crippen LogP contribution in [0.2, 0.25) is 0 Å². The molecule has 3 aromatic rings. The third kappa shape index (κ3) is 12.0. The Balaban J connectivity index is 0.00000130. The Labute approximate surface area is 265 Å². The summed E-state index contributed by atoms with van der Waals surface area (Å²) in [5.41, 5.74) is 1.71. The minimum Gasteiger partial charge on any atom is -0.356 e. The van der Waals surface area contributed by atoms with Crippen LogP contribution in [0.1, 0.15) is 44.7 Å². The second-order valence-electron chi connectivity index (χ2n) is 11.8. The van der Waals surface area contributed by atoms with Gasteiger partial charge in [0.1, 0.15) is 12.3 Å². The molecule has 3 unspecified atom stereocenters. The van der Waals surface area contributed by atoms with Gasteiger partial charge in [-0.2, -0.15) is 0 Å². The number of aldehydes is 1. The van der Waals surface area contributed by atoms with Crippen molar-refractivity contribution in [2.24, 2.45) is 11.8 Å². The third-order valence-electron chi connectivity index (χ3n) is 7.06. The molecular formula is C36H44N4O5. The van der Waals surface area contributed by atoms with Crippen molar-refractivity contribution in [2.75, 3.05) is 13.1 Å². The van der Waals surface area contributed by atoms with Gasteiger partial charge in [-0.05, 0) is 46.7 Å². The molecule has 9 nitrogen and oxygen atoms in total. The van der Waals surface area contributed by atoms with Crippen molar-refractivity contribution in [2.45, 2.75) is 58.5 Å². The van der Waals surface area contributed by atoms with Crippen LogP contribution in [0, 0.1) is 11.8 Å². The van der Waals surface area contributed by atoms with Crippen LogP contribution in [0.25, 0.3) is 10.8 Å². The average molecular weight is 613 g/mol. The summed E-state index contributed by atoms with van der Waals surface area (Å²) in [6.07, 6.45) is 4.75. The van der Waals surface area contributed by atoms with Crippen molar-refractivity contribution in [3.8, 4) is 0 Å². The summed E-state index contributed by atoms with van der Waals surface area (Å²) in [6.45, 7) is 6.74. The lowest BCUT2D eigenvalue weighted by Gasteiger charge is -2.21.